The van der Waals surface area contributed by atoms with E-state index in [1.165, 1.54) is 5.70 Å². The summed E-state index contributed by atoms with van der Waals surface area (Å²) in [4.78, 5) is 6.64. The zero-order chi connectivity index (χ0) is 11.3. The van der Waals surface area contributed by atoms with Crippen molar-refractivity contribution in [2.24, 2.45) is 4.99 Å². The van der Waals surface area contributed by atoms with Crippen LogP contribution in [0.1, 0.15) is 20.8 Å². The molecule has 0 fully saturated rings. The Hall–Kier alpha value is -1.77. The van der Waals surface area contributed by atoms with Gasteiger partial charge in [-0.25, -0.2) is 4.99 Å². The summed E-state index contributed by atoms with van der Waals surface area (Å²) in [5.41, 5.74) is 2.06. The van der Waals surface area contributed by atoms with Gasteiger partial charge in [0.15, 0.2) is 5.75 Å². The Morgan fingerprint density at radius 1 is 1.25 bits per heavy atom. The molecule has 3 rings (SSSR count). The second-order valence-electron chi connectivity index (χ2n) is 4.74. The molecule has 0 amide bonds. The normalized spacial score (nSPS) is 20.6. The molecule has 1 aromatic rings. The lowest BCUT2D eigenvalue weighted by atomic mass is 10.0. The van der Waals surface area contributed by atoms with E-state index in [2.05, 4.69) is 36.7 Å². The summed E-state index contributed by atoms with van der Waals surface area (Å²) in [6.07, 6.45) is 2.15. The van der Waals surface area contributed by atoms with E-state index in [9.17, 15) is 0 Å². The van der Waals surface area contributed by atoms with Crippen LogP contribution in [0.3, 0.4) is 0 Å². The summed E-state index contributed by atoms with van der Waals surface area (Å²) >= 11 is 0. The lowest BCUT2D eigenvalue weighted by Gasteiger charge is -2.28. The highest BCUT2D eigenvalue weighted by molar-refractivity contribution is 6.03. The van der Waals surface area contributed by atoms with Crippen LogP contribution in [0.15, 0.2) is 41.0 Å². The number of aliphatic imine (C=N–C) groups is 1. The summed E-state index contributed by atoms with van der Waals surface area (Å²) in [6.45, 7) is 6.24. The number of hydrogen-bond donors (Lipinski definition) is 0. The molecule has 1 aromatic carbocycles. The number of allylic oxidation sites excluding steroid dienone is 1. The van der Waals surface area contributed by atoms with Gasteiger partial charge in [-0.05, 0) is 39.0 Å². The number of hydrogen-bond acceptors (Lipinski definition) is 3. The molecule has 0 radical (unpaired) electrons. The molecule has 0 saturated heterocycles. The number of nitrogens with zero attached hydrogens (tertiary/aromatic N) is 2. The van der Waals surface area contributed by atoms with Gasteiger partial charge in [0.25, 0.3) is 0 Å². The SMILES string of the molecule is CC1=CC(C)(C)N=C2Oc3ccccc3N12. The Labute approximate surface area is 95.1 Å². The Kier molecular flexibility index (Phi) is 1.70. The van der Waals surface area contributed by atoms with E-state index in [-0.39, 0.29) is 5.54 Å². The Balaban J connectivity index is 2.15. The van der Waals surface area contributed by atoms with E-state index < -0.39 is 0 Å². The molecule has 0 unspecified atom stereocenters. The lowest BCUT2D eigenvalue weighted by Crippen LogP contribution is -2.36. The number of benzene rings is 1. The van der Waals surface area contributed by atoms with E-state index in [1.807, 2.05) is 24.3 Å². The van der Waals surface area contributed by atoms with Gasteiger partial charge in [0.1, 0.15) is 0 Å². The van der Waals surface area contributed by atoms with Crippen LogP contribution >= 0.6 is 0 Å². The maximum absolute atomic E-state index is 5.75. The molecule has 3 heteroatoms. The fourth-order valence-electron chi connectivity index (χ4n) is 2.24. The maximum atomic E-state index is 5.75. The van der Waals surface area contributed by atoms with Crippen LogP contribution in [0.2, 0.25) is 0 Å². The standard InChI is InChI=1S/C13H14N2O/c1-9-8-13(2,3)14-12-15(9)10-6-4-5-7-11(10)16-12/h4-8H,1-3H3. The van der Waals surface area contributed by atoms with Gasteiger partial charge < -0.3 is 4.74 Å². The van der Waals surface area contributed by atoms with Crippen molar-refractivity contribution >= 4 is 11.7 Å². The van der Waals surface area contributed by atoms with Crippen molar-refractivity contribution in [3.63, 3.8) is 0 Å². The van der Waals surface area contributed by atoms with Crippen molar-refractivity contribution in [3.8, 4) is 5.75 Å². The molecule has 0 saturated carbocycles. The van der Waals surface area contributed by atoms with Gasteiger partial charge >= 0.3 is 6.02 Å². The first-order chi connectivity index (χ1) is 7.57. The van der Waals surface area contributed by atoms with Crippen molar-refractivity contribution in [2.75, 3.05) is 4.90 Å². The van der Waals surface area contributed by atoms with Gasteiger partial charge in [0, 0.05) is 5.70 Å². The third-order valence-electron chi connectivity index (χ3n) is 2.80. The minimum Gasteiger partial charge on any atom is -0.423 e. The molecule has 0 aromatic heterocycles. The van der Waals surface area contributed by atoms with Gasteiger partial charge in [-0.15, -0.1) is 0 Å². The van der Waals surface area contributed by atoms with E-state index in [4.69, 9.17) is 4.74 Å². The highest BCUT2D eigenvalue weighted by Crippen LogP contribution is 2.40. The van der Waals surface area contributed by atoms with Crippen LogP contribution < -0.4 is 9.64 Å². The molecule has 0 spiro atoms. The molecule has 16 heavy (non-hydrogen) atoms. The summed E-state index contributed by atoms with van der Waals surface area (Å²) in [7, 11) is 0. The molecule has 0 N–H and O–H groups in total. The number of anilines is 1. The lowest BCUT2D eigenvalue weighted by molar-refractivity contribution is 0.529. The summed E-state index contributed by atoms with van der Waals surface area (Å²) in [5.74, 6) is 0.881. The largest absolute Gasteiger partial charge is 0.423 e. The topological polar surface area (TPSA) is 24.8 Å². The van der Waals surface area contributed by atoms with E-state index >= 15 is 0 Å². The molecule has 2 heterocycles. The van der Waals surface area contributed by atoms with Crippen molar-refractivity contribution < 1.29 is 4.74 Å². The second kappa shape index (κ2) is 2.88. The average molecular weight is 214 g/mol. The average Bonchev–Trinajstić information content (AvgIpc) is 2.52. The Bertz CT molecular complexity index is 514. The van der Waals surface area contributed by atoms with Crippen LogP contribution in [0.5, 0.6) is 5.75 Å². The van der Waals surface area contributed by atoms with Crippen LogP contribution in [0.4, 0.5) is 5.69 Å². The number of rotatable bonds is 0. The summed E-state index contributed by atoms with van der Waals surface area (Å²) in [6, 6.07) is 8.69. The zero-order valence-electron chi connectivity index (χ0n) is 9.69. The minimum absolute atomic E-state index is 0.183. The van der Waals surface area contributed by atoms with Crippen molar-refractivity contribution in [2.45, 2.75) is 26.3 Å². The first-order valence-corrected chi connectivity index (χ1v) is 5.43. The van der Waals surface area contributed by atoms with E-state index in [0.29, 0.717) is 6.02 Å². The summed E-state index contributed by atoms with van der Waals surface area (Å²) < 4.78 is 5.75. The van der Waals surface area contributed by atoms with Gasteiger partial charge in [-0.1, -0.05) is 12.1 Å². The number of fused-ring (bicyclic) bond motifs is 3. The molecular weight excluding hydrogens is 200 g/mol. The molecule has 0 bridgehead atoms. The molecule has 82 valence electrons. The maximum Gasteiger partial charge on any atom is 0.303 e. The molecular formula is C13H14N2O. The third-order valence-corrected chi connectivity index (χ3v) is 2.80. The molecule has 0 aliphatic carbocycles. The monoisotopic (exact) mass is 214 g/mol. The highest BCUT2D eigenvalue weighted by atomic mass is 16.5. The first kappa shape index (κ1) is 9.46. The van der Waals surface area contributed by atoms with Crippen molar-refractivity contribution in [1.82, 2.24) is 0 Å². The molecule has 3 nitrogen and oxygen atoms in total. The van der Waals surface area contributed by atoms with E-state index in [0.717, 1.165) is 11.4 Å². The molecule has 2 aliphatic rings. The summed E-state index contributed by atoms with van der Waals surface area (Å²) in [5, 5.41) is 0. The van der Waals surface area contributed by atoms with Crippen LogP contribution in [-0.4, -0.2) is 11.6 Å². The van der Waals surface area contributed by atoms with E-state index in [1.54, 1.807) is 0 Å². The van der Waals surface area contributed by atoms with Gasteiger partial charge in [0.05, 0.1) is 11.2 Å². The zero-order valence-corrected chi connectivity index (χ0v) is 9.69. The number of ether oxygens (including phenoxy) is 1. The number of amidine groups is 1. The van der Waals surface area contributed by atoms with Gasteiger partial charge in [-0.3, -0.25) is 4.90 Å². The first-order valence-electron chi connectivity index (χ1n) is 5.43. The van der Waals surface area contributed by atoms with Crippen LogP contribution in [0.25, 0.3) is 0 Å². The predicted molar refractivity (Wildman–Crippen MR) is 64.8 cm³/mol. The predicted octanol–water partition coefficient (Wildman–Crippen LogP) is 2.94. The fourth-order valence-corrected chi connectivity index (χ4v) is 2.24. The minimum atomic E-state index is -0.183. The van der Waals surface area contributed by atoms with Crippen molar-refractivity contribution in [1.29, 1.82) is 0 Å². The highest BCUT2D eigenvalue weighted by Gasteiger charge is 2.34. The van der Waals surface area contributed by atoms with Gasteiger partial charge in [-0.2, -0.15) is 0 Å². The number of para-hydroxylation sites is 2. The smallest absolute Gasteiger partial charge is 0.303 e. The van der Waals surface area contributed by atoms with Crippen LogP contribution in [0, 0.1) is 0 Å². The Morgan fingerprint density at radius 2 is 2.00 bits per heavy atom. The van der Waals surface area contributed by atoms with Crippen molar-refractivity contribution in [3.05, 3.63) is 36.0 Å². The third kappa shape index (κ3) is 1.24. The van der Waals surface area contributed by atoms with Crippen LogP contribution in [-0.2, 0) is 0 Å². The second-order valence-corrected chi connectivity index (χ2v) is 4.74. The quantitative estimate of drug-likeness (QED) is 0.663. The Morgan fingerprint density at radius 3 is 2.81 bits per heavy atom. The van der Waals surface area contributed by atoms with Gasteiger partial charge in [0.2, 0.25) is 0 Å². The molecule has 2 aliphatic heterocycles. The molecule has 0 atom stereocenters. The fraction of sp³-hybridized carbons (Fsp3) is 0.308.